The van der Waals surface area contributed by atoms with Gasteiger partial charge in [0.25, 0.3) is 0 Å². The molecule has 13 nitrogen and oxygen atoms in total. The third-order valence-electron chi connectivity index (χ3n) is 8.31. The maximum Gasteiger partial charge on any atom is 0.412 e. The van der Waals surface area contributed by atoms with Crippen molar-refractivity contribution in [3.63, 3.8) is 0 Å². The van der Waals surface area contributed by atoms with Gasteiger partial charge in [0.2, 0.25) is 0 Å². The number of aromatic amines is 2. The van der Waals surface area contributed by atoms with E-state index < -0.39 is 55.3 Å². The van der Waals surface area contributed by atoms with E-state index in [0.717, 1.165) is 10.8 Å². The molecular formula is C38H33N3O10. The van der Waals surface area contributed by atoms with Crippen LogP contribution in [0.2, 0.25) is 0 Å². The predicted octanol–water partition coefficient (Wildman–Crippen LogP) is 6.17. The third kappa shape index (κ3) is 7.40. The van der Waals surface area contributed by atoms with Crippen molar-refractivity contribution in [2.75, 3.05) is 19.0 Å². The molecule has 0 saturated carbocycles. The summed E-state index contributed by atoms with van der Waals surface area (Å²) >= 11 is 0. The second-order valence-corrected chi connectivity index (χ2v) is 11.7. The molecule has 0 bridgehead atoms. The number of hydrogen-bond donors (Lipinski definition) is 4. The zero-order chi connectivity index (χ0) is 35.3. The van der Waals surface area contributed by atoms with Crippen LogP contribution in [0.1, 0.15) is 21.0 Å². The van der Waals surface area contributed by atoms with Crippen LogP contribution in [-0.2, 0) is 23.7 Å². The lowest BCUT2D eigenvalue weighted by molar-refractivity contribution is -0.291. The number of ether oxygens (including phenoxy) is 6. The van der Waals surface area contributed by atoms with Gasteiger partial charge in [0, 0.05) is 34.6 Å². The van der Waals surface area contributed by atoms with Crippen LogP contribution in [-0.4, -0.2) is 77.5 Å². The molecule has 6 aromatic rings. The zero-order valence-electron chi connectivity index (χ0n) is 27.2. The Morgan fingerprint density at radius 3 is 1.80 bits per heavy atom. The molecule has 2 aromatic heterocycles. The quantitative estimate of drug-likeness (QED) is 0.0962. The van der Waals surface area contributed by atoms with Gasteiger partial charge in [0.05, 0.1) is 6.61 Å². The predicted molar refractivity (Wildman–Crippen MR) is 185 cm³/mol. The summed E-state index contributed by atoms with van der Waals surface area (Å²) in [5.41, 5.74) is 1.96. The molecule has 4 aromatic carbocycles. The van der Waals surface area contributed by atoms with E-state index in [1.165, 1.54) is 7.11 Å². The number of fused-ring (bicyclic) bond motifs is 2. The van der Waals surface area contributed by atoms with E-state index >= 15 is 0 Å². The van der Waals surface area contributed by atoms with Gasteiger partial charge in [-0.1, -0.05) is 54.6 Å². The number of hydrogen-bond acceptors (Lipinski definition) is 10. The monoisotopic (exact) mass is 691 g/mol. The minimum Gasteiger partial charge on any atom is -0.457 e. The van der Waals surface area contributed by atoms with Gasteiger partial charge in [0.1, 0.15) is 29.0 Å². The fourth-order valence-electron chi connectivity index (χ4n) is 5.86. The molecule has 5 atom stereocenters. The van der Waals surface area contributed by atoms with Gasteiger partial charge in [-0.15, -0.1) is 0 Å². The van der Waals surface area contributed by atoms with Gasteiger partial charge in [0.15, 0.2) is 24.6 Å². The van der Waals surface area contributed by atoms with Gasteiger partial charge in [-0.2, -0.15) is 0 Å². The molecule has 3 heterocycles. The Labute approximate surface area is 291 Å². The van der Waals surface area contributed by atoms with Crippen LogP contribution >= 0.6 is 0 Å². The number of amides is 1. The van der Waals surface area contributed by atoms with E-state index in [9.17, 15) is 19.5 Å². The standard InChI is InChI=1S/C38H33N3O10/c1-46-37-34(50-36(44)30-20-23-10-6-8-14-28(23)41-30)33(49-35(43)29-19-22-9-5-7-13-27(22)40-29)32(31(21-42)48-37)51-38(45)39-24-15-17-26(18-16-24)47-25-11-3-2-4-12-25/h2-20,31-34,37,40-42H,21H2,1H3,(H,39,45)/t31-,32-,33+,34+,37+/m1/s1. The SMILES string of the molecule is CO[C@H]1O[C@H](CO)[C@@H](OC(=O)Nc2ccc(Oc3ccccc3)cc2)[C@H](OC(=O)c2cc3ccccc3[nH]2)[C@@H]1OC(=O)c1cc2ccccc2[nH]1. The summed E-state index contributed by atoms with van der Waals surface area (Å²) in [7, 11) is 1.30. The molecule has 51 heavy (non-hydrogen) atoms. The highest BCUT2D eigenvalue weighted by Gasteiger charge is 2.53. The molecule has 0 aliphatic carbocycles. The average Bonchev–Trinajstić information content (AvgIpc) is 3.79. The number of methoxy groups -OCH3 is 1. The number of nitrogens with one attached hydrogen (secondary N) is 3. The second kappa shape index (κ2) is 14.8. The second-order valence-electron chi connectivity index (χ2n) is 11.7. The van der Waals surface area contributed by atoms with Crippen molar-refractivity contribution in [2.24, 2.45) is 0 Å². The maximum atomic E-state index is 13.7. The lowest BCUT2D eigenvalue weighted by atomic mass is 9.98. The molecule has 0 unspecified atom stereocenters. The van der Waals surface area contributed by atoms with Crippen LogP contribution in [0.5, 0.6) is 11.5 Å². The number of aliphatic hydroxyl groups is 1. The zero-order valence-corrected chi connectivity index (χ0v) is 27.2. The smallest absolute Gasteiger partial charge is 0.412 e. The number of aromatic nitrogens is 2. The molecular weight excluding hydrogens is 658 g/mol. The van der Waals surface area contributed by atoms with E-state index in [2.05, 4.69) is 15.3 Å². The Bertz CT molecular complexity index is 2080. The van der Waals surface area contributed by atoms with Crippen LogP contribution in [0.15, 0.2) is 115 Å². The highest BCUT2D eigenvalue weighted by atomic mass is 16.7. The van der Waals surface area contributed by atoms with Crippen molar-refractivity contribution in [1.82, 2.24) is 9.97 Å². The maximum absolute atomic E-state index is 13.7. The van der Waals surface area contributed by atoms with E-state index in [1.807, 2.05) is 66.7 Å². The lowest BCUT2D eigenvalue weighted by Crippen LogP contribution is -2.63. The molecule has 1 amide bonds. The summed E-state index contributed by atoms with van der Waals surface area (Å²) in [6.07, 6.45) is -7.93. The summed E-state index contributed by atoms with van der Waals surface area (Å²) in [5.74, 6) is -0.459. The molecule has 4 N–H and O–H groups in total. The number of H-pyrrole nitrogens is 2. The fraction of sp³-hybridized carbons (Fsp3) is 0.184. The Morgan fingerprint density at radius 2 is 1.24 bits per heavy atom. The lowest BCUT2D eigenvalue weighted by Gasteiger charge is -2.43. The minimum atomic E-state index is -1.50. The third-order valence-corrected chi connectivity index (χ3v) is 8.31. The number of carbonyl (C=O) groups excluding carboxylic acids is 3. The number of aliphatic hydroxyl groups excluding tert-OH is 1. The van der Waals surface area contributed by atoms with Crippen molar-refractivity contribution in [3.8, 4) is 11.5 Å². The van der Waals surface area contributed by atoms with E-state index in [1.54, 1.807) is 48.5 Å². The molecule has 1 aliphatic heterocycles. The van der Waals surface area contributed by atoms with Gasteiger partial charge in [-0.25, -0.2) is 14.4 Å². The Morgan fingerprint density at radius 1 is 0.686 bits per heavy atom. The number of carbonyl (C=O) groups is 3. The molecule has 260 valence electrons. The molecule has 13 heteroatoms. The number of anilines is 1. The molecule has 1 fully saturated rings. The number of para-hydroxylation sites is 3. The van der Waals surface area contributed by atoms with Gasteiger partial charge in [-0.05, 0) is 60.7 Å². The first-order valence-electron chi connectivity index (χ1n) is 16.1. The number of benzene rings is 4. The van der Waals surface area contributed by atoms with Crippen molar-refractivity contribution >= 4 is 45.5 Å². The van der Waals surface area contributed by atoms with Crippen LogP contribution in [0.25, 0.3) is 21.8 Å². The van der Waals surface area contributed by atoms with Crippen molar-refractivity contribution in [3.05, 3.63) is 127 Å². The summed E-state index contributed by atoms with van der Waals surface area (Å²) in [4.78, 5) is 46.6. The molecule has 1 saturated heterocycles. The van der Waals surface area contributed by atoms with E-state index in [0.29, 0.717) is 28.2 Å². The summed E-state index contributed by atoms with van der Waals surface area (Å²) < 4.78 is 34.9. The topological polar surface area (TPSA) is 170 Å². The van der Waals surface area contributed by atoms with Crippen LogP contribution in [0.4, 0.5) is 10.5 Å². The summed E-state index contributed by atoms with van der Waals surface area (Å²) in [6, 6.07) is 33.5. The van der Waals surface area contributed by atoms with Crippen LogP contribution < -0.4 is 10.1 Å². The molecule has 0 radical (unpaired) electrons. The van der Waals surface area contributed by atoms with Crippen LogP contribution in [0, 0.1) is 0 Å². The summed E-state index contributed by atoms with van der Waals surface area (Å²) in [6.45, 7) is -0.660. The Balaban J connectivity index is 1.15. The average molecular weight is 692 g/mol. The van der Waals surface area contributed by atoms with Crippen LogP contribution in [0.3, 0.4) is 0 Å². The molecule has 1 aliphatic rings. The highest BCUT2D eigenvalue weighted by Crippen LogP contribution is 2.31. The fourth-order valence-corrected chi connectivity index (χ4v) is 5.86. The van der Waals surface area contributed by atoms with Gasteiger partial charge >= 0.3 is 18.0 Å². The van der Waals surface area contributed by atoms with Crippen molar-refractivity contribution < 1.29 is 47.9 Å². The first kappa shape index (κ1) is 33.4. The van der Waals surface area contributed by atoms with E-state index in [-0.39, 0.29) is 11.4 Å². The number of esters is 2. The van der Waals surface area contributed by atoms with E-state index in [4.69, 9.17) is 28.4 Å². The van der Waals surface area contributed by atoms with Gasteiger partial charge < -0.3 is 43.5 Å². The molecule has 0 spiro atoms. The van der Waals surface area contributed by atoms with Gasteiger partial charge in [-0.3, -0.25) is 5.32 Å². The van der Waals surface area contributed by atoms with Crippen molar-refractivity contribution in [2.45, 2.75) is 30.7 Å². The largest absolute Gasteiger partial charge is 0.457 e. The normalized spacial score (nSPS) is 20.1. The minimum absolute atomic E-state index is 0.0962. The first-order chi connectivity index (χ1) is 24.9. The first-order valence-corrected chi connectivity index (χ1v) is 16.1. The Hall–Kier alpha value is -6.15. The van der Waals surface area contributed by atoms with Crippen molar-refractivity contribution in [1.29, 1.82) is 0 Å². The summed E-state index contributed by atoms with van der Waals surface area (Å²) in [5, 5.41) is 14.5. The molecule has 7 rings (SSSR count). The Kier molecular flexibility index (Phi) is 9.65. The number of rotatable bonds is 10. The highest BCUT2D eigenvalue weighted by molar-refractivity contribution is 5.96.